The maximum atomic E-state index is 14.3. The van der Waals surface area contributed by atoms with Crippen molar-refractivity contribution in [2.45, 2.75) is 136 Å². The summed E-state index contributed by atoms with van der Waals surface area (Å²) in [7, 11) is 0. The first-order valence-corrected chi connectivity index (χ1v) is 20.1. The average molecular weight is 710 g/mol. The summed E-state index contributed by atoms with van der Waals surface area (Å²) in [4.78, 5) is 28.7. The lowest BCUT2D eigenvalue weighted by Crippen LogP contribution is -2.45. The fraction of sp³-hybridized carbons (Fsp3) is 0.511. The van der Waals surface area contributed by atoms with Crippen LogP contribution in [0.2, 0.25) is 0 Å². The highest BCUT2D eigenvalue weighted by Gasteiger charge is 2.41. The Labute approximate surface area is 313 Å². The predicted octanol–water partition coefficient (Wildman–Crippen LogP) is 9.22. The lowest BCUT2D eigenvalue weighted by molar-refractivity contribution is -0.692. The number of unbranched alkanes of at least 4 members (excludes halogenated alkanes) is 14. The van der Waals surface area contributed by atoms with Crippen LogP contribution in [0.15, 0.2) is 114 Å². The second-order valence-corrected chi connectivity index (χ2v) is 14.1. The molecule has 0 amide bonds. The van der Waals surface area contributed by atoms with Crippen LogP contribution in [0.4, 0.5) is 0 Å². The molecule has 1 N–H and O–H groups in total. The number of nitrogens with one attached hydrogen (secondary N) is 1. The topological polar surface area (TPSA) is 72.4 Å². The molecule has 0 radical (unpaired) electrons. The molecule has 1 aliphatic heterocycles. The molecule has 0 saturated carbocycles. The predicted molar refractivity (Wildman–Crippen MR) is 207 cm³/mol. The third-order valence-electron chi connectivity index (χ3n) is 9.80. The molecule has 0 bridgehead atoms. The highest BCUT2D eigenvalue weighted by atomic mass is 16.5. The number of rotatable bonds is 25. The van der Waals surface area contributed by atoms with Gasteiger partial charge < -0.3 is 14.8 Å². The van der Waals surface area contributed by atoms with Crippen molar-refractivity contribution in [3.63, 3.8) is 0 Å². The molecule has 1 aromatic carbocycles. The van der Waals surface area contributed by atoms with Gasteiger partial charge in [0.25, 0.3) is 0 Å². The van der Waals surface area contributed by atoms with Gasteiger partial charge in [-0.3, -0.25) is 0 Å². The Morgan fingerprint density at radius 3 is 1.29 bits per heavy atom. The van der Waals surface area contributed by atoms with E-state index < -0.39 is 17.9 Å². The molecule has 7 heteroatoms. The summed E-state index contributed by atoms with van der Waals surface area (Å²) in [5.74, 6) is -1.44. The van der Waals surface area contributed by atoms with E-state index in [9.17, 15) is 9.59 Å². The Morgan fingerprint density at radius 2 is 0.885 bits per heavy atom. The van der Waals surface area contributed by atoms with Crippen LogP contribution in [-0.4, -0.2) is 25.2 Å². The zero-order valence-electron chi connectivity index (χ0n) is 31.9. The molecule has 3 aromatic rings. The lowest BCUT2D eigenvalue weighted by atomic mass is 9.80. The Kier molecular flexibility index (Phi) is 18.8. The van der Waals surface area contributed by atoms with Gasteiger partial charge in [0.1, 0.15) is 0 Å². The minimum absolute atomic E-state index is 0.346. The molecular weight excluding hydrogens is 647 g/mol. The van der Waals surface area contributed by atoms with Gasteiger partial charge in [0.05, 0.1) is 41.7 Å². The molecule has 0 saturated heterocycles. The van der Waals surface area contributed by atoms with Gasteiger partial charge in [-0.2, -0.15) is 9.13 Å². The van der Waals surface area contributed by atoms with Crippen LogP contribution in [0.3, 0.4) is 0 Å². The van der Waals surface area contributed by atoms with E-state index in [0.29, 0.717) is 37.4 Å². The summed E-state index contributed by atoms with van der Waals surface area (Å²) in [6, 6.07) is 21.7. The van der Waals surface area contributed by atoms with Crippen LogP contribution < -0.4 is 14.5 Å². The third-order valence-corrected chi connectivity index (χ3v) is 9.80. The third kappa shape index (κ3) is 13.7. The van der Waals surface area contributed by atoms with Crippen molar-refractivity contribution in [3.05, 3.63) is 120 Å². The summed E-state index contributed by atoms with van der Waals surface area (Å²) >= 11 is 0. The summed E-state index contributed by atoms with van der Waals surface area (Å²) < 4.78 is 16.2. The van der Waals surface area contributed by atoms with E-state index in [-0.39, 0.29) is 0 Å². The molecule has 3 heterocycles. The molecule has 0 unspecified atom stereocenters. The van der Waals surface area contributed by atoms with Crippen molar-refractivity contribution in [3.8, 4) is 0 Å². The van der Waals surface area contributed by atoms with Gasteiger partial charge in [0.2, 0.25) is 0 Å². The zero-order chi connectivity index (χ0) is 36.6. The number of carbonyl (C=O) groups excluding carboxylic acids is 2. The van der Waals surface area contributed by atoms with E-state index in [4.69, 9.17) is 9.47 Å². The van der Waals surface area contributed by atoms with Gasteiger partial charge in [-0.1, -0.05) is 146 Å². The van der Waals surface area contributed by atoms with Crippen LogP contribution >= 0.6 is 0 Å². The number of pyridine rings is 2. The number of hydrogen-bond donors (Lipinski definition) is 1. The van der Waals surface area contributed by atoms with E-state index in [1.807, 2.05) is 101 Å². The van der Waals surface area contributed by atoms with Crippen LogP contribution in [0.1, 0.15) is 128 Å². The number of benzene rings is 1. The number of ether oxygens (including phenoxy) is 2. The maximum absolute atomic E-state index is 14.3. The minimum atomic E-state index is -0.654. The average Bonchev–Trinajstić information content (AvgIpc) is 3.17. The molecule has 0 spiro atoms. The Hall–Kier alpha value is -4.26. The number of esters is 2. The van der Waals surface area contributed by atoms with Crippen molar-refractivity contribution in [1.29, 1.82) is 0 Å². The number of carbonyl (C=O) groups is 2. The van der Waals surface area contributed by atoms with E-state index in [0.717, 1.165) is 55.5 Å². The zero-order valence-corrected chi connectivity index (χ0v) is 31.9. The fourth-order valence-electron chi connectivity index (χ4n) is 6.92. The van der Waals surface area contributed by atoms with Crippen molar-refractivity contribution in [1.82, 2.24) is 5.32 Å². The van der Waals surface area contributed by atoms with E-state index in [1.54, 1.807) is 0 Å². The van der Waals surface area contributed by atoms with Crippen LogP contribution in [-0.2, 0) is 32.2 Å². The standard InChI is InChI=1S/C45H62N3O4/c1-3-5-7-9-11-13-15-26-34-51-44(49)42-39(36-47-30-22-18-23-31-47)46-40(37-48-32-24-19-25-33-48)43(41(42)38-28-20-17-21-29-38)45(50)52-35-27-16-14-12-10-8-6-4-2/h17-25,28-33,41H,3-16,26-27,34-37H2,1-2H3/q+1/p+1. The number of aromatic nitrogens is 2. The number of hydrogen-bond acceptors (Lipinski definition) is 5. The van der Waals surface area contributed by atoms with E-state index in [2.05, 4.69) is 19.2 Å². The van der Waals surface area contributed by atoms with Gasteiger partial charge in [0.15, 0.2) is 37.9 Å². The highest BCUT2D eigenvalue weighted by Crippen LogP contribution is 2.39. The molecule has 0 aliphatic carbocycles. The SMILES string of the molecule is CCCCCCCCCCOC(=O)C1=C(C[n+]2ccccc2)NC(C[n+]2ccccc2)=C(C(=O)OCCCCCCCCCC)C1c1ccccc1. The van der Waals surface area contributed by atoms with Crippen molar-refractivity contribution in [2.75, 3.05) is 13.2 Å². The van der Waals surface area contributed by atoms with Crippen molar-refractivity contribution >= 4 is 11.9 Å². The smallest absolute Gasteiger partial charge is 0.337 e. The highest BCUT2D eigenvalue weighted by molar-refractivity contribution is 6.00. The summed E-state index contributed by atoms with van der Waals surface area (Å²) in [6.07, 6.45) is 26.5. The Morgan fingerprint density at radius 1 is 0.519 bits per heavy atom. The molecular formula is C45H63N3O4+2. The van der Waals surface area contributed by atoms with Gasteiger partial charge in [-0.15, -0.1) is 0 Å². The van der Waals surface area contributed by atoms with Crippen LogP contribution in [0, 0.1) is 0 Å². The van der Waals surface area contributed by atoms with E-state index >= 15 is 0 Å². The normalized spacial score (nSPS) is 13.3. The van der Waals surface area contributed by atoms with Crippen LogP contribution in [0.5, 0.6) is 0 Å². The second kappa shape index (κ2) is 24.1. The molecule has 1 aliphatic rings. The maximum Gasteiger partial charge on any atom is 0.337 e. The first-order valence-electron chi connectivity index (χ1n) is 20.1. The minimum Gasteiger partial charge on any atom is -0.462 e. The van der Waals surface area contributed by atoms with Crippen molar-refractivity contribution < 1.29 is 28.2 Å². The van der Waals surface area contributed by atoms with E-state index in [1.165, 1.54) is 64.2 Å². The van der Waals surface area contributed by atoms with Crippen molar-refractivity contribution in [2.24, 2.45) is 0 Å². The quantitative estimate of drug-likeness (QED) is 0.0540. The first-order chi connectivity index (χ1) is 25.6. The fourth-order valence-corrected chi connectivity index (χ4v) is 6.92. The molecule has 0 fully saturated rings. The molecule has 52 heavy (non-hydrogen) atoms. The van der Waals surface area contributed by atoms with Gasteiger partial charge in [-0.05, 0) is 18.4 Å². The Bertz CT molecular complexity index is 1430. The largest absolute Gasteiger partial charge is 0.462 e. The summed E-state index contributed by atoms with van der Waals surface area (Å²) in [5.41, 5.74) is 3.22. The number of nitrogens with zero attached hydrogens (tertiary/aromatic N) is 2. The van der Waals surface area contributed by atoms with Gasteiger partial charge in [-0.25, -0.2) is 9.59 Å². The molecule has 4 rings (SSSR count). The monoisotopic (exact) mass is 709 g/mol. The van der Waals surface area contributed by atoms with Gasteiger partial charge in [0, 0.05) is 24.3 Å². The molecule has 0 atom stereocenters. The van der Waals surface area contributed by atoms with Crippen LogP contribution in [0.25, 0.3) is 0 Å². The lowest BCUT2D eigenvalue weighted by Gasteiger charge is -2.31. The first kappa shape index (κ1) is 40.5. The second-order valence-electron chi connectivity index (χ2n) is 14.1. The summed E-state index contributed by atoms with van der Waals surface area (Å²) in [6.45, 7) is 5.99. The number of allylic oxidation sites excluding steroid dienone is 2. The molecule has 2 aromatic heterocycles. The molecule has 7 nitrogen and oxygen atoms in total. The Balaban J connectivity index is 1.61. The summed E-state index contributed by atoms with van der Waals surface area (Å²) in [5, 5.41) is 3.60. The molecule has 280 valence electrons. The number of dihydropyridines is 1. The van der Waals surface area contributed by atoms with Gasteiger partial charge >= 0.3 is 11.9 Å².